The maximum Gasteiger partial charge on any atom is 0.168 e. The van der Waals surface area contributed by atoms with Gasteiger partial charge in [0.2, 0.25) is 0 Å². The number of aromatic nitrogens is 2. The van der Waals surface area contributed by atoms with Gasteiger partial charge in [-0.25, -0.2) is 4.98 Å². The zero-order chi connectivity index (χ0) is 9.97. The summed E-state index contributed by atoms with van der Waals surface area (Å²) in [5.74, 6) is 0.513. The first-order valence-corrected chi connectivity index (χ1v) is 4.25. The average Bonchev–Trinajstić information content (AvgIpc) is 2.61. The third-order valence-corrected chi connectivity index (χ3v) is 2.02. The summed E-state index contributed by atoms with van der Waals surface area (Å²) in [7, 11) is 1.55. The number of anilines is 1. The van der Waals surface area contributed by atoms with E-state index in [1.165, 1.54) is 4.73 Å². The van der Waals surface area contributed by atoms with E-state index in [0.29, 0.717) is 5.82 Å². The number of nitrogen functional groups attached to an aromatic ring is 1. The summed E-state index contributed by atoms with van der Waals surface area (Å²) in [6.45, 7) is 0. The first kappa shape index (κ1) is 8.62. The van der Waals surface area contributed by atoms with Gasteiger partial charge in [-0.05, 0) is 0 Å². The molecule has 0 radical (unpaired) electrons. The van der Waals surface area contributed by atoms with Gasteiger partial charge in [0.25, 0.3) is 0 Å². The Balaban J connectivity index is 2.48. The Bertz CT molecular complexity index is 422. The molecule has 14 heavy (non-hydrogen) atoms. The van der Waals surface area contributed by atoms with Crippen molar-refractivity contribution < 1.29 is 4.84 Å². The Hall–Kier alpha value is -1.97. The fourth-order valence-corrected chi connectivity index (χ4v) is 1.31. The third-order valence-electron chi connectivity index (χ3n) is 2.02. The van der Waals surface area contributed by atoms with Crippen LogP contribution in [-0.2, 0) is 0 Å². The van der Waals surface area contributed by atoms with Crippen LogP contribution in [0.25, 0.3) is 11.3 Å². The summed E-state index contributed by atoms with van der Waals surface area (Å²) < 4.78 is 1.43. The van der Waals surface area contributed by atoms with Crippen LogP contribution in [0.5, 0.6) is 0 Å². The van der Waals surface area contributed by atoms with E-state index in [4.69, 9.17) is 10.6 Å². The molecule has 4 nitrogen and oxygen atoms in total. The number of nitrogens with two attached hydrogens (primary N) is 1. The van der Waals surface area contributed by atoms with Gasteiger partial charge in [-0.2, -0.15) is 4.73 Å². The number of benzene rings is 1. The summed E-state index contributed by atoms with van der Waals surface area (Å²) >= 11 is 0. The molecule has 2 rings (SSSR count). The van der Waals surface area contributed by atoms with E-state index in [1.54, 1.807) is 13.4 Å². The average molecular weight is 189 g/mol. The lowest BCUT2D eigenvalue weighted by Gasteiger charge is -2.02. The lowest BCUT2D eigenvalue weighted by atomic mass is 10.1. The van der Waals surface area contributed by atoms with Gasteiger partial charge in [0, 0.05) is 5.56 Å². The number of hydrogen-bond donors (Lipinski definition) is 1. The second kappa shape index (κ2) is 3.41. The molecule has 0 unspecified atom stereocenters. The van der Waals surface area contributed by atoms with Gasteiger partial charge in [0.1, 0.15) is 19.1 Å². The van der Waals surface area contributed by atoms with Crippen molar-refractivity contribution in [3.63, 3.8) is 0 Å². The van der Waals surface area contributed by atoms with Crippen LogP contribution in [0, 0.1) is 0 Å². The quantitative estimate of drug-likeness (QED) is 0.772. The van der Waals surface area contributed by atoms with E-state index in [0.717, 1.165) is 11.3 Å². The van der Waals surface area contributed by atoms with Crippen molar-refractivity contribution in [2.24, 2.45) is 0 Å². The predicted molar refractivity (Wildman–Crippen MR) is 54.6 cm³/mol. The zero-order valence-corrected chi connectivity index (χ0v) is 7.84. The van der Waals surface area contributed by atoms with Gasteiger partial charge in [0.05, 0.1) is 0 Å². The summed E-state index contributed by atoms with van der Waals surface area (Å²) in [5.41, 5.74) is 7.55. The van der Waals surface area contributed by atoms with E-state index in [2.05, 4.69) is 4.98 Å². The molecule has 2 N–H and O–H groups in total. The Morgan fingerprint density at radius 3 is 2.57 bits per heavy atom. The molecule has 0 fully saturated rings. The standard InChI is InChI=1S/C10H11N3O/c1-14-13-7-12-9(10(13)11)8-5-3-2-4-6-8/h2-7H,11H2,1H3. The fourth-order valence-electron chi connectivity index (χ4n) is 1.31. The van der Waals surface area contributed by atoms with Gasteiger partial charge in [-0.15, -0.1) is 0 Å². The second-order valence-electron chi connectivity index (χ2n) is 2.85. The van der Waals surface area contributed by atoms with Crippen LogP contribution in [0.15, 0.2) is 36.7 Å². The summed E-state index contributed by atoms with van der Waals surface area (Å²) in [4.78, 5) is 9.15. The van der Waals surface area contributed by atoms with Crippen LogP contribution in [0.4, 0.5) is 5.82 Å². The van der Waals surface area contributed by atoms with E-state index >= 15 is 0 Å². The molecule has 72 valence electrons. The molecule has 0 bridgehead atoms. The van der Waals surface area contributed by atoms with Crippen molar-refractivity contribution in [2.75, 3.05) is 12.8 Å². The number of rotatable bonds is 2. The fraction of sp³-hybridized carbons (Fsp3) is 0.100. The molecule has 0 saturated heterocycles. The molecule has 0 spiro atoms. The molecule has 2 aromatic rings. The highest BCUT2D eigenvalue weighted by Crippen LogP contribution is 2.22. The van der Waals surface area contributed by atoms with Crippen LogP contribution < -0.4 is 10.6 Å². The Morgan fingerprint density at radius 1 is 1.29 bits per heavy atom. The summed E-state index contributed by atoms with van der Waals surface area (Å²) in [6, 6.07) is 9.76. The number of nitrogens with zero attached hydrogens (tertiary/aromatic N) is 2. The smallest absolute Gasteiger partial charge is 0.168 e. The minimum absolute atomic E-state index is 0.513. The van der Waals surface area contributed by atoms with Crippen molar-refractivity contribution in [1.82, 2.24) is 9.71 Å². The molecule has 1 heterocycles. The van der Waals surface area contributed by atoms with Crippen LogP contribution in [0.2, 0.25) is 0 Å². The van der Waals surface area contributed by atoms with Gasteiger partial charge in [-0.1, -0.05) is 30.3 Å². The molecule has 1 aromatic carbocycles. The summed E-state index contributed by atoms with van der Waals surface area (Å²) in [6.07, 6.45) is 1.55. The lowest BCUT2D eigenvalue weighted by molar-refractivity contribution is 0.172. The van der Waals surface area contributed by atoms with Crippen molar-refractivity contribution in [1.29, 1.82) is 0 Å². The SMILES string of the molecule is COn1cnc(-c2ccccc2)c1N. The first-order chi connectivity index (χ1) is 6.83. The Labute approximate surface area is 81.9 Å². The maximum atomic E-state index is 5.82. The summed E-state index contributed by atoms with van der Waals surface area (Å²) in [5, 5.41) is 0. The minimum atomic E-state index is 0.513. The zero-order valence-electron chi connectivity index (χ0n) is 7.84. The highest BCUT2D eigenvalue weighted by molar-refractivity contribution is 5.69. The molecule has 0 aliphatic rings. The maximum absolute atomic E-state index is 5.82. The van der Waals surface area contributed by atoms with Gasteiger partial charge >= 0.3 is 0 Å². The second-order valence-corrected chi connectivity index (χ2v) is 2.85. The number of hydrogen-bond acceptors (Lipinski definition) is 3. The molecule has 4 heteroatoms. The third kappa shape index (κ3) is 1.31. The van der Waals surface area contributed by atoms with Crippen molar-refractivity contribution in [2.45, 2.75) is 0 Å². The highest BCUT2D eigenvalue weighted by atomic mass is 16.6. The molecular formula is C10H11N3O. The molecule has 0 aliphatic carbocycles. The molecule has 0 amide bonds. The highest BCUT2D eigenvalue weighted by Gasteiger charge is 2.08. The van der Waals surface area contributed by atoms with Crippen molar-refractivity contribution >= 4 is 5.82 Å². The normalized spacial score (nSPS) is 10.1. The minimum Gasteiger partial charge on any atom is -0.414 e. The number of imidazole rings is 1. The molecule has 1 aromatic heterocycles. The van der Waals surface area contributed by atoms with Crippen molar-refractivity contribution in [3.05, 3.63) is 36.7 Å². The van der Waals surface area contributed by atoms with Crippen LogP contribution >= 0.6 is 0 Å². The van der Waals surface area contributed by atoms with Crippen LogP contribution in [-0.4, -0.2) is 16.8 Å². The van der Waals surface area contributed by atoms with E-state index < -0.39 is 0 Å². The van der Waals surface area contributed by atoms with E-state index in [1.807, 2.05) is 30.3 Å². The van der Waals surface area contributed by atoms with Gasteiger partial charge in [0.15, 0.2) is 5.82 Å². The molecule has 0 aliphatic heterocycles. The van der Waals surface area contributed by atoms with Gasteiger partial charge < -0.3 is 10.6 Å². The Morgan fingerprint density at radius 2 is 2.00 bits per heavy atom. The van der Waals surface area contributed by atoms with E-state index in [-0.39, 0.29) is 0 Å². The monoisotopic (exact) mass is 189 g/mol. The molecule has 0 saturated carbocycles. The molecule has 0 atom stereocenters. The predicted octanol–water partition coefficient (Wildman–Crippen LogP) is 1.19. The van der Waals surface area contributed by atoms with Crippen molar-refractivity contribution in [3.8, 4) is 11.3 Å². The topological polar surface area (TPSA) is 53.1 Å². The van der Waals surface area contributed by atoms with Gasteiger partial charge in [-0.3, -0.25) is 0 Å². The molecular weight excluding hydrogens is 178 g/mol. The lowest BCUT2D eigenvalue weighted by Crippen LogP contribution is -2.07. The van der Waals surface area contributed by atoms with Crippen LogP contribution in [0.1, 0.15) is 0 Å². The first-order valence-electron chi connectivity index (χ1n) is 4.25. The van der Waals surface area contributed by atoms with Crippen LogP contribution in [0.3, 0.4) is 0 Å². The van der Waals surface area contributed by atoms with E-state index in [9.17, 15) is 0 Å². The Kier molecular flexibility index (Phi) is 2.10. The largest absolute Gasteiger partial charge is 0.414 e.